The Kier molecular flexibility index (Phi) is 14.9. The van der Waals surface area contributed by atoms with E-state index >= 15 is 0 Å². The van der Waals surface area contributed by atoms with Crippen LogP contribution in [0.25, 0.3) is 0 Å². The first-order valence-electron chi connectivity index (χ1n) is 10.3. The molecule has 0 heterocycles. The summed E-state index contributed by atoms with van der Waals surface area (Å²) in [5.74, 6) is -6.22. The number of hydrogen-bond donors (Lipinski definition) is 5. The summed E-state index contributed by atoms with van der Waals surface area (Å²) in [7, 11) is 0. The molecule has 0 fully saturated rings. The molecule has 0 spiro atoms. The molecule has 0 unspecified atom stereocenters. The summed E-state index contributed by atoms with van der Waals surface area (Å²) >= 11 is 0. The quantitative estimate of drug-likeness (QED) is 0.109. The molecule has 0 aromatic rings. The maximum Gasteiger partial charge on any atom is 0.317 e. The van der Waals surface area contributed by atoms with Crippen LogP contribution in [-0.4, -0.2) is 159 Å². The van der Waals surface area contributed by atoms with Gasteiger partial charge in [-0.15, -0.1) is 0 Å². The second-order valence-electron chi connectivity index (χ2n) is 7.64. The molecular weight excluding hydrogens is 460 g/mol. The van der Waals surface area contributed by atoms with Gasteiger partial charge in [0, 0.05) is 39.3 Å². The number of ketones is 1. The Morgan fingerprint density at radius 2 is 0.618 bits per heavy atom. The Hall–Kier alpha value is -3.14. The average Bonchev–Trinajstić information content (AvgIpc) is 2.64. The second kappa shape index (κ2) is 16.5. The minimum absolute atomic E-state index is 0.0171. The third kappa shape index (κ3) is 17.4. The Morgan fingerprint density at radius 3 is 0.853 bits per heavy atom. The van der Waals surface area contributed by atoms with Gasteiger partial charge in [0.1, 0.15) is 5.78 Å². The fourth-order valence-corrected chi connectivity index (χ4v) is 3.09. The predicted octanol–water partition coefficient (Wildman–Crippen LogP) is -2.79. The lowest BCUT2D eigenvalue weighted by atomic mass is 10.3. The van der Waals surface area contributed by atoms with Crippen molar-refractivity contribution in [2.24, 2.45) is 0 Å². The fourth-order valence-electron chi connectivity index (χ4n) is 3.09. The number of carbonyl (C=O) groups is 6. The molecule has 15 nitrogen and oxygen atoms in total. The van der Waals surface area contributed by atoms with Crippen LogP contribution in [0.4, 0.5) is 0 Å². The van der Waals surface area contributed by atoms with Crippen molar-refractivity contribution in [2.45, 2.75) is 6.92 Å². The van der Waals surface area contributed by atoms with Crippen LogP contribution in [0.3, 0.4) is 0 Å². The van der Waals surface area contributed by atoms with Gasteiger partial charge in [-0.2, -0.15) is 0 Å². The minimum atomic E-state index is -1.24. The van der Waals surface area contributed by atoms with Crippen LogP contribution in [0.2, 0.25) is 0 Å². The van der Waals surface area contributed by atoms with E-state index in [0.717, 1.165) is 4.90 Å². The van der Waals surface area contributed by atoms with E-state index in [2.05, 4.69) is 0 Å². The summed E-state index contributed by atoms with van der Waals surface area (Å²) in [6, 6.07) is 0. The normalized spacial score (nSPS) is 11.3. The van der Waals surface area contributed by atoms with E-state index in [1.54, 1.807) is 0 Å². The van der Waals surface area contributed by atoms with Crippen molar-refractivity contribution in [1.82, 2.24) is 19.6 Å². The van der Waals surface area contributed by atoms with Crippen molar-refractivity contribution in [3.63, 3.8) is 0 Å². The molecule has 34 heavy (non-hydrogen) atoms. The summed E-state index contributed by atoms with van der Waals surface area (Å²) in [4.78, 5) is 72.0. The van der Waals surface area contributed by atoms with Gasteiger partial charge in [-0.1, -0.05) is 0 Å². The van der Waals surface area contributed by atoms with Crippen LogP contribution in [0.1, 0.15) is 6.92 Å². The molecular formula is C19H32N4O11. The Labute approximate surface area is 195 Å². The van der Waals surface area contributed by atoms with Crippen LogP contribution in [0.15, 0.2) is 0 Å². The van der Waals surface area contributed by atoms with Gasteiger partial charge < -0.3 is 25.5 Å². The van der Waals surface area contributed by atoms with E-state index in [9.17, 15) is 28.8 Å². The molecule has 0 aliphatic carbocycles. The highest BCUT2D eigenvalue weighted by Gasteiger charge is 2.19. The zero-order valence-electron chi connectivity index (χ0n) is 19.0. The number of rotatable bonds is 21. The van der Waals surface area contributed by atoms with Gasteiger partial charge in [-0.25, -0.2) is 0 Å². The van der Waals surface area contributed by atoms with Gasteiger partial charge in [-0.05, 0) is 6.92 Å². The molecule has 15 heteroatoms. The highest BCUT2D eigenvalue weighted by molar-refractivity contribution is 5.78. The molecule has 0 saturated carbocycles. The Morgan fingerprint density at radius 1 is 0.412 bits per heavy atom. The summed E-state index contributed by atoms with van der Waals surface area (Å²) in [5, 5.41) is 45.1. The molecule has 194 valence electrons. The summed E-state index contributed by atoms with van der Waals surface area (Å²) in [5.41, 5.74) is 0. The molecule has 0 saturated heterocycles. The number of hydrogen-bond acceptors (Lipinski definition) is 10. The topological polar surface area (TPSA) is 217 Å². The number of aliphatic carboxylic acids is 5. The van der Waals surface area contributed by atoms with Crippen LogP contribution in [0, 0.1) is 0 Å². The van der Waals surface area contributed by atoms with Crippen molar-refractivity contribution < 1.29 is 54.3 Å². The average molecular weight is 492 g/mol. The Bertz CT molecular complexity index is 639. The number of Topliss-reactive ketones (excluding diaryl/α,β-unsaturated/α-hetero) is 1. The highest BCUT2D eigenvalue weighted by atomic mass is 16.4. The molecule has 5 N–H and O–H groups in total. The van der Waals surface area contributed by atoms with Crippen molar-refractivity contribution in [3.05, 3.63) is 0 Å². The molecule has 0 aliphatic rings. The lowest BCUT2D eigenvalue weighted by Gasteiger charge is -2.29. The van der Waals surface area contributed by atoms with Gasteiger partial charge in [0.2, 0.25) is 0 Å². The second-order valence-corrected chi connectivity index (χ2v) is 7.64. The fraction of sp³-hybridized carbons (Fsp3) is 0.684. The number of carboxylic acids is 5. The largest absolute Gasteiger partial charge is 0.480 e. The van der Waals surface area contributed by atoms with Gasteiger partial charge in [-0.3, -0.25) is 48.4 Å². The van der Waals surface area contributed by atoms with E-state index < -0.39 is 62.6 Å². The van der Waals surface area contributed by atoms with Gasteiger partial charge in [0.05, 0.1) is 39.3 Å². The first kappa shape index (κ1) is 30.9. The number of carbonyl (C=O) groups excluding carboxylic acids is 1. The SMILES string of the molecule is CC(=O)CN(CCN(CCN(CCN(CC(=O)O)CC(=O)O)CC(=O)O)CC(=O)O)CC(=O)O. The summed E-state index contributed by atoms with van der Waals surface area (Å²) in [6.45, 7) is -0.877. The van der Waals surface area contributed by atoms with Crippen LogP contribution < -0.4 is 0 Å². The van der Waals surface area contributed by atoms with Gasteiger partial charge in [0.15, 0.2) is 0 Å². The third-order valence-electron chi connectivity index (χ3n) is 4.44. The molecule has 0 amide bonds. The van der Waals surface area contributed by atoms with E-state index in [0.29, 0.717) is 0 Å². The van der Waals surface area contributed by atoms with Gasteiger partial charge >= 0.3 is 29.8 Å². The zero-order valence-corrected chi connectivity index (χ0v) is 19.0. The zero-order chi connectivity index (χ0) is 26.3. The molecule has 0 bridgehead atoms. The maximum absolute atomic E-state index is 11.4. The first-order valence-corrected chi connectivity index (χ1v) is 10.3. The first-order chi connectivity index (χ1) is 15.8. The summed E-state index contributed by atoms with van der Waals surface area (Å²) < 4.78 is 0. The van der Waals surface area contributed by atoms with Crippen molar-refractivity contribution in [2.75, 3.05) is 78.5 Å². The van der Waals surface area contributed by atoms with Crippen LogP contribution >= 0.6 is 0 Å². The molecule has 0 aromatic heterocycles. The highest BCUT2D eigenvalue weighted by Crippen LogP contribution is 1.99. The lowest BCUT2D eigenvalue weighted by molar-refractivity contribution is -0.143. The molecule has 0 atom stereocenters. The Balaban J connectivity index is 5.13. The van der Waals surface area contributed by atoms with Crippen LogP contribution in [0.5, 0.6) is 0 Å². The maximum atomic E-state index is 11.4. The molecule has 0 aromatic carbocycles. The molecule has 0 aliphatic heterocycles. The number of nitrogens with zero attached hydrogens (tertiary/aromatic N) is 4. The van der Waals surface area contributed by atoms with Crippen LogP contribution in [-0.2, 0) is 28.8 Å². The van der Waals surface area contributed by atoms with E-state index in [1.807, 2.05) is 0 Å². The van der Waals surface area contributed by atoms with Crippen molar-refractivity contribution >= 4 is 35.6 Å². The standard InChI is InChI=1S/C19H32N4O11/c1-14(24)8-22(11-17(29)30)6-4-20(9-15(25)26)2-3-21(10-16(27)28)5-7-23(12-18(31)32)13-19(33)34/h2-13H2,1H3,(H,25,26)(H,27,28)(H,29,30)(H,31,32)(H,33,34). The van der Waals surface area contributed by atoms with E-state index in [4.69, 9.17) is 25.5 Å². The number of carboxylic acid groups (broad SMARTS) is 5. The van der Waals surface area contributed by atoms with Crippen molar-refractivity contribution in [3.8, 4) is 0 Å². The van der Waals surface area contributed by atoms with Gasteiger partial charge in [0.25, 0.3) is 0 Å². The third-order valence-corrected chi connectivity index (χ3v) is 4.44. The predicted molar refractivity (Wildman–Crippen MR) is 115 cm³/mol. The van der Waals surface area contributed by atoms with E-state index in [1.165, 1.54) is 21.6 Å². The molecule has 0 rings (SSSR count). The molecule has 0 radical (unpaired) electrons. The minimum Gasteiger partial charge on any atom is -0.480 e. The van der Waals surface area contributed by atoms with E-state index in [-0.39, 0.29) is 51.6 Å². The van der Waals surface area contributed by atoms with Crippen molar-refractivity contribution in [1.29, 1.82) is 0 Å². The smallest absolute Gasteiger partial charge is 0.317 e. The monoisotopic (exact) mass is 492 g/mol. The summed E-state index contributed by atoms with van der Waals surface area (Å²) in [6.07, 6.45) is 0. The lowest BCUT2D eigenvalue weighted by Crippen LogP contribution is -2.46.